The van der Waals surface area contributed by atoms with E-state index in [2.05, 4.69) is 49.4 Å². The van der Waals surface area contributed by atoms with Crippen molar-refractivity contribution in [3.8, 4) is 5.75 Å². The Labute approximate surface area is 295 Å². The lowest BCUT2D eigenvalue weighted by Gasteiger charge is -2.24. The van der Waals surface area contributed by atoms with Crippen molar-refractivity contribution in [1.29, 1.82) is 0 Å². The zero-order valence-electron chi connectivity index (χ0n) is 28.9. The summed E-state index contributed by atoms with van der Waals surface area (Å²) >= 11 is 12.1. The summed E-state index contributed by atoms with van der Waals surface area (Å²) in [6, 6.07) is 21.7. The van der Waals surface area contributed by atoms with Crippen LogP contribution in [0.2, 0.25) is 10.0 Å². The van der Waals surface area contributed by atoms with Crippen LogP contribution < -0.4 is 4.74 Å². The van der Waals surface area contributed by atoms with Crippen LogP contribution in [0.5, 0.6) is 5.75 Å². The van der Waals surface area contributed by atoms with Gasteiger partial charge in [-0.15, -0.1) is 0 Å². The third kappa shape index (κ3) is 11.1. The summed E-state index contributed by atoms with van der Waals surface area (Å²) in [4.78, 5) is 27.7. The minimum absolute atomic E-state index is 0.240. The molecule has 2 amide bonds. The fourth-order valence-electron chi connectivity index (χ4n) is 5.06. The number of benzene rings is 3. The molecule has 0 saturated carbocycles. The molecule has 0 aromatic heterocycles. The van der Waals surface area contributed by atoms with Crippen LogP contribution in [0.15, 0.2) is 78.9 Å². The highest BCUT2D eigenvalue weighted by atomic mass is 35.5. The van der Waals surface area contributed by atoms with Crippen molar-refractivity contribution in [2.75, 3.05) is 26.2 Å². The molecule has 256 valence electrons. The number of hydrogen-bond acceptors (Lipinski definition) is 5. The molecule has 0 N–H and O–H groups in total. The van der Waals surface area contributed by atoms with Crippen molar-refractivity contribution < 1.29 is 23.8 Å². The van der Waals surface area contributed by atoms with Gasteiger partial charge in [0, 0.05) is 31.2 Å². The van der Waals surface area contributed by atoms with Crippen LogP contribution in [0.4, 0.5) is 9.59 Å². The van der Waals surface area contributed by atoms with Crippen LogP contribution in [0.1, 0.15) is 70.7 Å². The Bertz CT molecular complexity index is 1670. The summed E-state index contributed by atoms with van der Waals surface area (Å²) in [7, 11) is 0. The Morgan fingerprint density at radius 2 is 1.21 bits per heavy atom. The highest BCUT2D eigenvalue weighted by molar-refractivity contribution is 6.35. The van der Waals surface area contributed by atoms with Crippen LogP contribution >= 0.6 is 23.2 Å². The first kappa shape index (κ1) is 36.9. The van der Waals surface area contributed by atoms with E-state index in [-0.39, 0.29) is 12.2 Å². The van der Waals surface area contributed by atoms with Gasteiger partial charge in [0.1, 0.15) is 23.6 Å². The molecule has 3 aromatic carbocycles. The van der Waals surface area contributed by atoms with Gasteiger partial charge in [-0.2, -0.15) is 0 Å². The number of carbonyl (C=O) groups excluding carboxylic acids is 2. The lowest BCUT2D eigenvalue weighted by Crippen LogP contribution is -2.35. The number of carbonyl (C=O) groups is 2. The first-order chi connectivity index (χ1) is 22.6. The van der Waals surface area contributed by atoms with Crippen LogP contribution in [0, 0.1) is 0 Å². The number of hydrogen-bond donors (Lipinski definition) is 0. The van der Waals surface area contributed by atoms with Crippen molar-refractivity contribution >= 4 is 46.5 Å². The van der Waals surface area contributed by atoms with Gasteiger partial charge < -0.3 is 24.0 Å². The van der Waals surface area contributed by atoms with Gasteiger partial charge in [-0.3, -0.25) is 0 Å². The van der Waals surface area contributed by atoms with E-state index in [0.29, 0.717) is 48.6 Å². The van der Waals surface area contributed by atoms with Crippen molar-refractivity contribution in [2.24, 2.45) is 0 Å². The normalized spacial score (nSPS) is 14.5. The lowest BCUT2D eigenvalue weighted by molar-refractivity contribution is 0.0295. The minimum atomic E-state index is -0.500. The maximum Gasteiger partial charge on any atom is 0.410 e. The molecule has 0 unspecified atom stereocenters. The van der Waals surface area contributed by atoms with Crippen LogP contribution in [0.3, 0.4) is 0 Å². The second kappa shape index (κ2) is 16.0. The van der Waals surface area contributed by atoms with Crippen molar-refractivity contribution in [1.82, 2.24) is 9.80 Å². The first-order valence-corrected chi connectivity index (χ1v) is 17.0. The van der Waals surface area contributed by atoms with E-state index in [1.807, 2.05) is 59.7 Å². The molecule has 7 nitrogen and oxygen atoms in total. The largest absolute Gasteiger partial charge is 0.487 e. The Morgan fingerprint density at radius 1 is 0.708 bits per heavy atom. The molecule has 0 saturated heterocycles. The van der Waals surface area contributed by atoms with E-state index in [1.165, 1.54) is 16.7 Å². The summed E-state index contributed by atoms with van der Waals surface area (Å²) in [5, 5.41) is 1.05. The van der Waals surface area contributed by atoms with Gasteiger partial charge in [0.15, 0.2) is 0 Å². The fraction of sp³-hybridized carbons (Fsp3) is 0.385. The van der Waals surface area contributed by atoms with Gasteiger partial charge in [-0.25, -0.2) is 9.59 Å². The molecule has 0 radical (unpaired) electrons. The zero-order chi connectivity index (χ0) is 35.1. The van der Waals surface area contributed by atoms with E-state index >= 15 is 0 Å². The molecule has 5 rings (SSSR count). The Hall–Kier alpha value is -3.94. The quantitative estimate of drug-likeness (QED) is 0.257. The van der Waals surface area contributed by atoms with Gasteiger partial charge in [0.2, 0.25) is 0 Å². The maximum atomic E-state index is 12.2. The molecule has 0 fully saturated rings. The summed E-state index contributed by atoms with van der Waals surface area (Å²) in [5.74, 6) is 0.590. The number of ether oxygens (including phenoxy) is 3. The predicted molar refractivity (Wildman–Crippen MR) is 195 cm³/mol. The third-order valence-electron chi connectivity index (χ3n) is 7.43. The van der Waals surface area contributed by atoms with Crippen molar-refractivity contribution in [3.05, 3.63) is 111 Å². The van der Waals surface area contributed by atoms with E-state index in [4.69, 9.17) is 37.4 Å². The van der Waals surface area contributed by atoms with Crippen molar-refractivity contribution in [2.45, 2.75) is 72.7 Å². The monoisotopic (exact) mass is 692 g/mol. The standard InChI is InChI=1S/C22H23Cl2NO3.C17H23NO2/c1-22(2,3)28-21(26)25-10-9-17(13-25)16-6-4-5-15(11-16)14-27-20-8-7-18(23)12-19(20)24;1-5-13-7-6-8-14(11-13)15-9-10-18(12-15)16(19)20-17(2,3)4/h4-9,11-12H,10,13-14H2,1-3H3;6-9,11H,5,10,12H2,1-4H3. The molecule has 0 aliphatic carbocycles. The maximum absolute atomic E-state index is 12.2. The topological polar surface area (TPSA) is 68.3 Å². The van der Waals surface area contributed by atoms with Gasteiger partial charge in [0.05, 0.1) is 5.02 Å². The fourth-order valence-corrected chi connectivity index (χ4v) is 5.53. The number of rotatable bonds is 6. The lowest BCUT2D eigenvalue weighted by atomic mass is 10.0. The first-order valence-electron chi connectivity index (χ1n) is 16.2. The molecule has 9 heteroatoms. The van der Waals surface area contributed by atoms with Gasteiger partial charge in [-0.05, 0) is 106 Å². The summed E-state index contributed by atoms with van der Waals surface area (Å²) < 4.78 is 16.7. The summed E-state index contributed by atoms with van der Waals surface area (Å²) in [5.41, 5.74) is 5.95. The predicted octanol–water partition coefficient (Wildman–Crippen LogP) is 10.1. The second-order valence-corrected chi connectivity index (χ2v) is 14.6. The van der Waals surface area contributed by atoms with E-state index in [0.717, 1.165) is 23.1 Å². The molecule has 0 atom stereocenters. The molecule has 0 bridgehead atoms. The van der Waals surface area contributed by atoms with Gasteiger partial charge >= 0.3 is 12.2 Å². The molecule has 48 heavy (non-hydrogen) atoms. The van der Waals surface area contributed by atoms with E-state index in [9.17, 15) is 9.59 Å². The number of aryl methyl sites for hydroxylation is 1. The van der Waals surface area contributed by atoms with Crippen LogP contribution in [-0.2, 0) is 22.5 Å². The van der Waals surface area contributed by atoms with Gasteiger partial charge in [0.25, 0.3) is 0 Å². The second-order valence-electron chi connectivity index (χ2n) is 13.8. The Morgan fingerprint density at radius 3 is 1.69 bits per heavy atom. The number of halogens is 2. The molecular weight excluding hydrogens is 647 g/mol. The van der Waals surface area contributed by atoms with E-state index in [1.54, 1.807) is 28.0 Å². The SMILES string of the molecule is CC(C)(C)OC(=O)N1CC=C(c2cccc(COc3ccc(Cl)cc3Cl)c2)C1.CCc1cccc(C2=CCN(C(=O)OC(C)(C)C)C2)c1. The Balaban J connectivity index is 0.000000229. The van der Waals surface area contributed by atoms with E-state index < -0.39 is 11.2 Å². The number of nitrogens with zero attached hydrogens (tertiary/aromatic N) is 2. The molecule has 2 heterocycles. The van der Waals surface area contributed by atoms with Gasteiger partial charge in [-0.1, -0.05) is 84.7 Å². The third-order valence-corrected chi connectivity index (χ3v) is 7.96. The Kier molecular flexibility index (Phi) is 12.3. The average Bonchev–Trinajstić information content (AvgIpc) is 3.71. The highest BCUT2D eigenvalue weighted by Gasteiger charge is 2.27. The van der Waals surface area contributed by atoms with Crippen LogP contribution in [0.25, 0.3) is 11.1 Å². The minimum Gasteiger partial charge on any atom is -0.487 e. The average molecular weight is 694 g/mol. The summed E-state index contributed by atoms with van der Waals surface area (Å²) in [6.45, 7) is 16.1. The molecule has 0 spiro atoms. The molecule has 2 aliphatic heterocycles. The molecule has 2 aliphatic rings. The molecule has 3 aromatic rings. The molecular formula is C39H46Cl2N2O5. The summed E-state index contributed by atoms with van der Waals surface area (Å²) in [6.07, 6.45) is 4.65. The number of amides is 2. The zero-order valence-corrected chi connectivity index (χ0v) is 30.5. The smallest absolute Gasteiger partial charge is 0.410 e. The van der Waals surface area contributed by atoms with Crippen molar-refractivity contribution in [3.63, 3.8) is 0 Å². The van der Waals surface area contributed by atoms with Crippen LogP contribution in [-0.4, -0.2) is 59.4 Å². The highest BCUT2D eigenvalue weighted by Crippen LogP contribution is 2.29.